The van der Waals surface area contributed by atoms with Gasteiger partial charge in [0.05, 0.1) is 18.8 Å². The molecule has 0 fully saturated rings. The molecule has 0 radical (unpaired) electrons. The van der Waals surface area contributed by atoms with E-state index >= 15 is 0 Å². The van der Waals surface area contributed by atoms with Gasteiger partial charge in [-0.1, -0.05) is 270 Å². The number of aliphatic hydroxyl groups excluding tert-OH is 4. The lowest BCUT2D eigenvalue weighted by Gasteiger charge is -2.27. The minimum Gasteiger partial charge on any atom is -0.394 e. The standard InChI is InChI=1S/C54H107NO5/c1-3-5-7-9-11-13-15-16-17-18-19-20-21-22-23-24-25-26-27-28-29-30-31-32-33-34-35-36-37-38-40-42-44-46-48-52(58)54(60)55-50(49-56)53(59)51(57)47-45-43-41-39-14-12-10-8-6-4-2/h39,41,50-53,56-59H,3-38,40,42-49H2,1-2H3,(H,55,60)/b41-39+. The highest BCUT2D eigenvalue weighted by Crippen LogP contribution is 2.18. The maximum absolute atomic E-state index is 12.5. The summed E-state index contributed by atoms with van der Waals surface area (Å²) in [7, 11) is 0. The van der Waals surface area contributed by atoms with Crippen molar-refractivity contribution in [3.05, 3.63) is 12.2 Å². The Morgan fingerprint density at radius 3 is 1.00 bits per heavy atom. The molecule has 0 aromatic carbocycles. The smallest absolute Gasteiger partial charge is 0.249 e. The zero-order chi connectivity index (χ0) is 43.8. The molecule has 0 saturated carbocycles. The first kappa shape index (κ1) is 59.0. The Morgan fingerprint density at radius 2 is 0.683 bits per heavy atom. The average molecular weight is 850 g/mol. The van der Waals surface area contributed by atoms with Crippen molar-refractivity contribution in [2.75, 3.05) is 6.61 Å². The minimum atomic E-state index is -1.28. The fourth-order valence-corrected chi connectivity index (χ4v) is 8.70. The molecule has 6 nitrogen and oxygen atoms in total. The molecular weight excluding hydrogens is 743 g/mol. The fraction of sp³-hybridized carbons (Fsp3) is 0.944. The van der Waals surface area contributed by atoms with E-state index in [1.165, 1.54) is 231 Å². The summed E-state index contributed by atoms with van der Waals surface area (Å²) in [5, 5.41) is 43.6. The lowest BCUT2D eigenvalue weighted by molar-refractivity contribution is -0.132. The molecule has 0 aromatic heterocycles. The summed E-state index contributed by atoms with van der Waals surface area (Å²) in [5.41, 5.74) is 0. The van der Waals surface area contributed by atoms with Crippen LogP contribution in [0.15, 0.2) is 12.2 Å². The van der Waals surface area contributed by atoms with Crippen LogP contribution in [0.4, 0.5) is 0 Å². The normalized spacial score (nSPS) is 13.9. The van der Waals surface area contributed by atoms with Gasteiger partial charge in [0.25, 0.3) is 0 Å². The molecule has 0 aromatic rings. The molecule has 0 aliphatic heterocycles. The van der Waals surface area contributed by atoms with E-state index in [1.54, 1.807) is 0 Å². The largest absolute Gasteiger partial charge is 0.394 e. The number of nitrogens with one attached hydrogen (secondary N) is 1. The fourth-order valence-electron chi connectivity index (χ4n) is 8.70. The van der Waals surface area contributed by atoms with Crippen molar-refractivity contribution in [2.24, 2.45) is 0 Å². The van der Waals surface area contributed by atoms with Crippen LogP contribution >= 0.6 is 0 Å². The number of hydrogen-bond donors (Lipinski definition) is 5. The second kappa shape index (κ2) is 49.1. The summed E-state index contributed by atoms with van der Waals surface area (Å²) in [6.07, 6.45) is 57.4. The van der Waals surface area contributed by atoms with Gasteiger partial charge in [-0.2, -0.15) is 0 Å². The summed E-state index contributed by atoms with van der Waals surface area (Å²) in [5.74, 6) is -0.590. The summed E-state index contributed by atoms with van der Waals surface area (Å²) in [6.45, 7) is 4.03. The highest BCUT2D eigenvalue weighted by atomic mass is 16.3. The van der Waals surface area contributed by atoms with Gasteiger partial charge in [-0.3, -0.25) is 4.79 Å². The first-order valence-corrected chi connectivity index (χ1v) is 27.1. The van der Waals surface area contributed by atoms with Crippen LogP contribution in [0.1, 0.15) is 296 Å². The number of allylic oxidation sites excluding steroid dienone is 2. The van der Waals surface area contributed by atoms with Crippen LogP contribution in [-0.2, 0) is 4.79 Å². The van der Waals surface area contributed by atoms with E-state index in [1.807, 2.05) is 0 Å². The van der Waals surface area contributed by atoms with Crippen LogP contribution in [0, 0.1) is 0 Å². The number of rotatable bonds is 50. The van der Waals surface area contributed by atoms with E-state index < -0.39 is 36.9 Å². The van der Waals surface area contributed by atoms with Crippen LogP contribution in [0.3, 0.4) is 0 Å². The molecule has 6 heteroatoms. The van der Waals surface area contributed by atoms with Crippen LogP contribution in [-0.4, -0.2) is 57.3 Å². The molecule has 0 aliphatic carbocycles. The average Bonchev–Trinajstić information content (AvgIpc) is 3.25. The Kier molecular flexibility index (Phi) is 48.3. The maximum atomic E-state index is 12.5. The number of aliphatic hydroxyl groups is 4. The third kappa shape index (κ3) is 42.4. The van der Waals surface area contributed by atoms with Crippen LogP contribution in [0.25, 0.3) is 0 Å². The van der Waals surface area contributed by atoms with Crippen LogP contribution in [0.5, 0.6) is 0 Å². The number of unbranched alkanes of at least 4 members (excludes halogenated alkanes) is 39. The predicted molar refractivity (Wildman–Crippen MR) is 261 cm³/mol. The van der Waals surface area contributed by atoms with Crippen molar-refractivity contribution in [2.45, 2.75) is 321 Å². The Labute approximate surface area is 374 Å². The lowest BCUT2D eigenvalue weighted by Crippen LogP contribution is -2.53. The van der Waals surface area contributed by atoms with Gasteiger partial charge in [0.2, 0.25) is 5.91 Å². The molecule has 4 atom stereocenters. The second-order valence-corrected chi connectivity index (χ2v) is 18.9. The van der Waals surface area contributed by atoms with Gasteiger partial charge < -0.3 is 25.7 Å². The van der Waals surface area contributed by atoms with Crippen LogP contribution < -0.4 is 5.32 Å². The number of carbonyl (C=O) groups is 1. The van der Waals surface area contributed by atoms with Crippen LogP contribution in [0.2, 0.25) is 0 Å². The van der Waals surface area contributed by atoms with Gasteiger partial charge >= 0.3 is 0 Å². The molecule has 358 valence electrons. The monoisotopic (exact) mass is 850 g/mol. The molecule has 4 unspecified atom stereocenters. The summed E-state index contributed by atoms with van der Waals surface area (Å²) < 4.78 is 0. The predicted octanol–water partition coefficient (Wildman–Crippen LogP) is 15.3. The molecule has 0 saturated heterocycles. The van der Waals surface area contributed by atoms with Gasteiger partial charge in [-0.25, -0.2) is 0 Å². The summed E-state index contributed by atoms with van der Waals surface area (Å²) in [4.78, 5) is 12.5. The third-order valence-corrected chi connectivity index (χ3v) is 13.0. The van der Waals surface area contributed by atoms with Crippen molar-refractivity contribution in [3.63, 3.8) is 0 Å². The van der Waals surface area contributed by atoms with Crippen molar-refractivity contribution in [1.82, 2.24) is 5.32 Å². The topological polar surface area (TPSA) is 110 Å². The van der Waals surface area contributed by atoms with E-state index in [9.17, 15) is 25.2 Å². The molecule has 60 heavy (non-hydrogen) atoms. The summed E-state index contributed by atoms with van der Waals surface area (Å²) >= 11 is 0. The zero-order valence-corrected chi connectivity index (χ0v) is 40.5. The molecule has 0 aliphatic rings. The lowest BCUT2D eigenvalue weighted by atomic mass is 10.00. The van der Waals surface area contributed by atoms with E-state index in [0.717, 1.165) is 38.5 Å². The van der Waals surface area contributed by atoms with E-state index in [-0.39, 0.29) is 0 Å². The summed E-state index contributed by atoms with van der Waals surface area (Å²) in [6, 6.07) is -0.996. The van der Waals surface area contributed by atoms with Crippen molar-refractivity contribution >= 4 is 5.91 Å². The Balaban J connectivity index is 3.48. The highest BCUT2D eigenvalue weighted by molar-refractivity contribution is 5.80. The van der Waals surface area contributed by atoms with Crippen molar-refractivity contribution in [3.8, 4) is 0 Å². The van der Waals surface area contributed by atoms with Gasteiger partial charge in [0.15, 0.2) is 0 Å². The van der Waals surface area contributed by atoms with Gasteiger partial charge in [0, 0.05) is 0 Å². The SMILES string of the molecule is CCCCCCC/C=C/CCCC(O)C(O)C(CO)NC(=O)C(O)CCCCCCCCCCCCCCCCCCCCCCCCCCCCCCCCCCCC. The first-order chi connectivity index (χ1) is 29.5. The quantitative estimate of drug-likeness (QED) is 0.0309. The van der Waals surface area contributed by atoms with Crippen molar-refractivity contribution in [1.29, 1.82) is 0 Å². The van der Waals surface area contributed by atoms with Crippen molar-refractivity contribution < 1.29 is 25.2 Å². The first-order valence-electron chi connectivity index (χ1n) is 27.1. The zero-order valence-electron chi connectivity index (χ0n) is 40.5. The molecule has 5 N–H and O–H groups in total. The van der Waals surface area contributed by atoms with Gasteiger partial charge in [0.1, 0.15) is 12.2 Å². The van der Waals surface area contributed by atoms with E-state index in [4.69, 9.17) is 0 Å². The third-order valence-electron chi connectivity index (χ3n) is 13.0. The van der Waals surface area contributed by atoms with Gasteiger partial charge in [-0.05, 0) is 38.5 Å². The number of amides is 1. The highest BCUT2D eigenvalue weighted by Gasteiger charge is 2.28. The Hall–Kier alpha value is -0.950. The molecule has 0 heterocycles. The van der Waals surface area contributed by atoms with E-state index in [2.05, 4.69) is 31.3 Å². The molecule has 0 bridgehead atoms. The minimum absolute atomic E-state index is 0.368. The Bertz CT molecular complexity index is 867. The second-order valence-electron chi connectivity index (χ2n) is 18.9. The maximum Gasteiger partial charge on any atom is 0.249 e. The molecule has 0 rings (SSSR count). The molecule has 1 amide bonds. The Morgan fingerprint density at radius 1 is 0.400 bits per heavy atom. The van der Waals surface area contributed by atoms with E-state index in [0.29, 0.717) is 12.8 Å². The molecule has 0 spiro atoms. The number of carbonyl (C=O) groups excluding carboxylic acids is 1. The molecular formula is C54H107NO5. The van der Waals surface area contributed by atoms with Gasteiger partial charge in [-0.15, -0.1) is 0 Å². The number of hydrogen-bond acceptors (Lipinski definition) is 5.